The van der Waals surface area contributed by atoms with Crippen molar-refractivity contribution in [3.05, 3.63) is 100 Å². The summed E-state index contributed by atoms with van der Waals surface area (Å²) in [5.74, 6) is -0.396. The molecular weight excluding hydrogens is 494 g/mol. The van der Waals surface area contributed by atoms with Crippen molar-refractivity contribution in [3.63, 3.8) is 0 Å². The zero-order chi connectivity index (χ0) is 25.2. The molecule has 0 radical (unpaired) electrons. The van der Waals surface area contributed by atoms with E-state index in [4.69, 9.17) is 16.6 Å². The van der Waals surface area contributed by atoms with Gasteiger partial charge < -0.3 is 0 Å². The summed E-state index contributed by atoms with van der Waals surface area (Å²) in [4.78, 5) is 48.3. The first-order valence-electron chi connectivity index (χ1n) is 11.7. The number of hydrogen-bond donors (Lipinski definition) is 0. The Morgan fingerprint density at radius 2 is 1.67 bits per heavy atom. The van der Waals surface area contributed by atoms with Gasteiger partial charge in [0.2, 0.25) is 0 Å². The molecule has 0 aromatic heterocycles. The van der Waals surface area contributed by atoms with E-state index in [1.165, 1.54) is 11.8 Å². The van der Waals surface area contributed by atoms with Crippen molar-refractivity contribution in [2.75, 3.05) is 12.3 Å². The SMILES string of the molecule is Cc1ccc(N=C2SCCCN2C(=O)C(Cc2ccccc2)N2C(=O)c3ccccc3C2=O)cc1Cl. The zero-order valence-corrected chi connectivity index (χ0v) is 21.3. The first kappa shape index (κ1) is 24.3. The van der Waals surface area contributed by atoms with Gasteiger partial charge in [-0.3, -0.25) is 24.2 Å². The number of aryl methyl sites for hydroxylation is 1. The minimum Gasteiger partial charge on any atom is -0.289 e. The number of halogens is 1. The van der Waals surface area contributed by atoms with Crippen LogP contribution in [0.15, 0.2) is 77.8 Å². The highest BCUT2D eigenvalue weighted by molar-refractivity contribution is 8.13. The van der Waals surface area contributed by atoms with Crippen LogP contribution in [0, 0.1) is 6.92 Å². The molecule has 0 saturated carbocycles. The van der Waals surface area contributed by atoms with Crippen LogP contribution in [0.2, 0.25) is 5.02 Å². The number of benzene rings is 3. The van der Waals surface area contributed by atoms with E-state index in [0.29, 0.717) is 33.5 Å². The van der Waals surface area contributed by atoms with E-state index in [2.05, 4.69) is 0 Å². The molecule has 3 aromatic carbocycles. The highest BCUT2D eigenvalue weighted by atomic mass is 35.5. The van der Waals surface area contributed by atoms with Gasteiger partial charge in [0.15, 0.2) is 5.17 Å². The predicted octanol–water partition coefficient (Wildman–Crippen LogP) is 5.51. The van der Waals surface area contributed by atoms with Gasteiger partial charge in [-0.1, -0.05) is 71.9 Å². The molecule has 6 nitrogen and oxygen atoms in total. The van der Waals surface area contributed by atoms with Crippen LogP contribution in [0.25, 0.3) is 0 Å². The summed E-state index contributed by atoms with van der Waals surface area (Å²) in [5.41, 5.74) is 3.10. The molecule has 0 spiro atoms. The maximum Gasteiger partial charge on any atom is 0.262 e. The number of carbonyl (C=O) groups excluding carboxylic acids is 3. The number of fused-ring (bicyclic) bond motifs is 1. The van der Waals surface area contributed by atoms with Gasteiger partial charge in [-0.25, -0.2) is 4.99 Å². The van der Waals surface area contributed by atoms with Gasteiger partial charge in [0.25, 0.3) is 17.7 Å². The number of amidine groups is 1. The Bertz CT molecular complexity index is 1340. The summed E-state index contributed by atoms with van der Waals surface area (Å²) < 4.78 is 0. The standard InChI is InChI=1S/C28H24ClN3O3S/c1-18-12-13-20(17-23(18)29)30-28-31(14-7-15-36-28)27(35)24(16-19-8-3-2-4-9-19)32-25(33)21-10-5-6-11-22(21)26(32)34/h2-6,8-13,17,24H,7,14-16H2,1H3. The Balaban J connectivity index is 1.52. The summed E-state index contributed by atoms with van der Waals surface area (Å²) in [7, 11) is 0. The van der Waals surface area contributed by atoms with Crippen molar-refractivity contribution in [1.82, 2.24) is 9.80 Å². The maximum atomic E-state index is 14.1. The molecule has 0 aliphatic carbocycles. The second kappa shape index (κ2) is 10.3. The predicted molar refractivity (Wildman–Crippen MR) is 143 cm³/mol. The van der Waals surface area contributed by atoms with Crippen molar-refractivity contribution in [1.29, 1.82) is 0 Å². The molecular formula is C28H24ClN3O3S. The molecule has 1 atom stereocenters. The summed E-state index contributed by atoms with van der Waals surface area (Å²) in [5, 5.41) is 1.14. The van der Waals surface area contributed by atoms with E-state index in [9.17, 15) is 14.4 Å². The van der Waals surface area contributed by atoms with Crippen LogP contribution in [0.5, 0.6) is 0 Å². The smallest absolute Gasteiger partial charge is 0.262 e. The molecule has 1 saturated heterocycles. The normalized spacial score (nSPS) is 17.4. The van der Waals surface area contributed by atoms with Crippen LogP contribution in [0.3, 0.4) is 0 Å². The Labute approximate surface area is 219 Å². The summed E-state index contributed by atoms with van der Waals surface area (Å²) in [6.45, 7) is 2.37. The van der Waals surface area contributed by atoms with Crippen LogP contribution < -0.4 is 0 Å². The van der Waals surface area contributed by atoms with E-state index in [1.807, 2.05) is 49.4 Å². The fourth-order valence-corrected chi connectivity index (χ4v) is 5.55. The quantitative estimate of drug-likeness (QED) is 0.418. The lowest BCUT2D eigenvalue weighted by Crippen LogP contribution is -2.54. The Morgan fingerprint density at radius 1 is 1.00 bits per heavy atom. The molecule has 5 rings (SSSR count). The number of rotatable bonds is 5. The van der Waals surface area contributed by atoms with Gasteiger partial charge in [-0.2, -0.15) is 0 Å². The molecule has 1 unspecified atom stereocenters. The summed E-state index contributed by atoms with van der Waals surface area (Å²) in [6, 6.07) is 20.7. The fraction of sp³-hybridized carbons (Fsp3) is 0.214. The van der Waals surface area contributed by atoms with Gasteiger partial charge in [0, 0.05) is 23.7 Å². The summed E-state index contributed by atoms with van der Waals surface area (Å²) in [6.07, 6.45) is 1.00. The van der Waals surface area contributed by atoms with Crippen molar-refractivity contribution in [2.24, 2.45) is 4.99 Å². The van der Waals surface area contributed by atoms with Gasteiger partial charge in [-0.05, 0) is 48.7 Å². The molecule has 182 valence electrons. The minimum absolute atomic E-state index is 0.218. The van der Waals surface area contributed by atoms with E-state index in [-0.39, 0.29) is 12.3 Å². The molecule has 3 amide bonds. The highest BCUT2D eigenvalue weighted by Gasteiger charge is 2.44. The highest BCUT2D eigenvalue weighted by Crippen LogP contribution is 2.30. The van der Waals surface area contributed by atoms with Crippen molar-refractivity contribution in [3.8, 4) is 0 Å². The zero-order valence-electron chi connectivity index (χ0n) is 19.7. The Kier molecular flexibility index (Phi) is 6.94. The van der Waals surface area contributed by atoms with E-state index < -0.39 is 17.9 Å². The lowest BCUT2D eigenvalue weighted by Gasteiger charge is -2.34. The van der Waals surface area contributed by atoms with Gasteiger partial charge >= 0.3 is 0 Å². The maximum absolute atomic E-state index is 14.1. The van der Waals surface area contributed by atoms with Crippen LogP contribution in [-0.4, -0.2) is 51.0 Å². The van der Waals surface area contributed by atoms with Crippen LogP contribution in [-0.2, 0) is 11.2 Å². The third kappa shape index (κ3) is 4.68. The van der Waals surface area contributed by atoms with E-state index in [0.717, 1.165) is 28.2 Å². The second-order valence-electron chi connectivity index (χ2n) is 8.75. The van der Waals surface area contributed by atoms with Crippen molar-refractivity contribution in [2.45, 2.75) is 25.8 Å². The fourth-order valence-electron chi connectivity index (χ4n) is 4.42. The third-order valence-corrected chi connectivity index (χ3v) is 7.80. The number of carbonyl (C=O) groups is 3. The monoisotopic (exact) mass is 517 g/mol. The van der Waals surface area contributed by atoms with Crippen LogP contribution in [0.4, 0.5) is 5.69 Å². The van der Waals surface area contributed by atoms with Crippen molar-refractivity contribution >= 4 is 51.9 Å². The largest absolute Gasteiger partial charge is 0.289 e. The molecule has 8 heteroatoms. The van der Waals surface area contributed by atoms with Crippen LogP contribution >= 0.6 is 23.4 Å². The molecule has 2 heterocycles. The molecule has 0 bridgehead atoms. The van der Waals surface area contributed by atoms with Crippen LogP contribution in [0.1, 0.15) is 38.3 Å². The second-order valence-corrected chi connectivity index (χ2v) is 10.2. The van der Waals surface area contributed by atoms with Crippen molar-refractivity contribution < 1.29 is 14.4 Å². The Hall–Kier alpha value is -3.42. The molecule has 2 aliphatic rings. The number of hydrogen-bond acceptors (Lipinski definition) is 5. The van der Waals surface area contributed by atoms with Gasteiger partial charge in [-0.15, -0.1) is 0 Å². The topological polar surface area (TPSA) is 70.1 Å². The van der Waals surface area contributed by atoms with E-state index >= 15 is 0 Å². The Morgan fingerprint density at radius 3 is 2.33 bits per heavy atom. The lowest BCUT2D eigenvalue weighted by molar-refractivity contribution is -0.131. The third-order valence-electron chi connectivity index (χ3n) is 6.33. The average molecular weight is 518 g/mol. The number of imide groups is 1. The molecule has 2 aliphatic heterocycles. The minimum atomic E-state index is -0.995. The van der Waals surface area contributed by atoms with E-state index in [1.54, 1.807) is 35.2 Å². The lowest BCUT2D eigenvalue weighted by atomic mass is 10.0. The van der Waals surface area contributed by atoms with Gasteiger partial charge in [0.1, 0.15) is 6.04 Å². The number of amides is 3. The average Bonchev–Trinajstić information content (AvgIpc) is 3.15. The van der Waals surface area contributed by atoms with Gasteiger partial charge in [0.05, 0.1) is 16.8 Å². The number of aliphatic imine (C=N–C) groups is 1. The first-order valence-corrected chi connectivity index (χ1v) is 13.1. The molecule has 36 heavy (non-hydrogen) atoms. The molecule has 1 fully saturated rings. The number of nitrogens with zero attached hydrogens (tertiary/aromatic N) is 3. The number of thioether (sulfide) groups is 1. The molecule has 0 N–H and O–H groups in total. The first-order chi connectivity index (χ1) is 17.4. The molecule has 3 aromatic rings. The summed E-state index contributed by atoms with van der Waals surface area (Å²) >= 11 is 7.78.